The number of phenolic OH excluding ortho intramolecular Hbond substituents is 1. The fourth-order valence-corrected chi connectivity index (χ4v) is 3.71. The molecule has 2 aliphatic heterocycles. The van der Waals surface area contributed by atoms with Gasteiger partial charge in [0.15, 0.2) is 23.0 Å². The van der Waals surface area contributed by atoms with Gasteiger partial charge in [0.2, 0.25) is 0 Å². The summed E-state index contributed by atoms with van der Waals surface area (Å²) in [7, 11) is 4.36. The largest absolute Gasteiger partial charge is 0.504 e. The van der Waals surface area contributed by atoms with Crippen LogP contribution in [-0.4, -0.2) is 48.3 Å². The highest BCUT2D eigenvalue weighted by Gasteiger charge is 2.48. The Morgan fingerprint density at radius 2 is 1.16 bits per heavy atom. The number of rotatable bonds is 5. The molecule has 0 unspecified atom stereocenters. The maximum Gasteiger partial charge on any atom is 0.275 e. The molecule has 10 heteroatoms. The quantitative estimate of drug-likeness (QED) is 0.476. The van der Waals surface area contributed by atoms with Crippen molar-refractivity contribution in [2.24, 2.45) is 11.7 Å². The van der Waals surface area contributed by atoms with Crippen molar-refractivity contribution >= 4 is 23.2 Å². The van der Waals surface area contributed by atoms with E-state index in [-0.39, 0.29) is 34.0 Å². The number of amides is 2. The molecule has 160 valence electrons. The van der Waals surface area contributed by atoms with E-state index < -0.39 is 11.8 Å². The zero-order valence-electron chi connectivity index (χ0n) is 17.0. The predicted molar refractivity (Wildman–Crippen MR) is 110 cm³/mol. The summed E-state index contributed by atoms with van der Waals surface area (Å²) in [6, 6.07) is 9.32. The Bertz CT molecular complexity index is 1190. The average molecular weight is 424 g/mol. The molecule has 2 aromatic carbocycles. The number of phenols is 1. The van der Waals surface area contributed by atoms with E-state index in [0.29, 0.717) is 22.6 Å². The van der Waals surface area contributed by atoms with Crippen LogP contribution in [0, 0.1) is 0 Å². The van der Waals surface area contributed by atoms with Gasteiger partial charge in [-0.1, -0.05) is 0 Å². The normalized spacial score (nSPS) is 15.8. The molecular weight excluding hydrogens is 404 g/mol. The van der Waals surface area contributed by atoms with Crippen LogP contribution >= 0.6 is 0 Å². The third-order valence-electron chi connectivity index (χ3n) is 5.18. The van der Waals surface area contributed by atoms with Crippen LogP contribution < -0.4 is 25.9 Å². The molecular formula is C21H20N4O6. The van der Waals surface area contributed by atoms with Crippen LogP contribution in [0.4, 0.5) is 0 Å². The van der Waals surface area contributed by atoms with E-state index in [0.717, 1.165) is 10.0 Å². The van der Waals surface area contributed by atoms with Gasteiger partial charge in [-0.25, -0.2) is 21.7 Å². The van der Waals surface area contributed by atoms with Crippen molar-refractivity contribution in [3.63, 3.8) is 0 Å². The van der Waals surface area contributed by atoms with Crippen LogP contribution in [0.2, 0.25) is 0 Å². The lowest BCUT2D eigenvalue weighted by molar-refractivity contribution is -0.124. The Balaban J connectivity index is 1.96. The summed E-state index contributed by atoms with van der Waals surface area (Å²) < 4.78 is 15.7. The van der Waals surface area contributed by atoms with Crippen molar-refractivity contribution < 1.29 is 28.9 Å². The smallest absolute Gasteiger partial charge is 0.275 e. The summed E-state index contributed by atoms with van der Waals surface area (Å²) in [4.78, 5) is 26.1. The number of nitrogens with zero attached hydrogens (tertiary/aromatic N) is 2. The van der Waals surface area contributed by atoms with E-state index >= 15 is 0 Å². The third-order valence-corrected chi connectivity index (χ3v) is 5.18. The van der Waals surface area contributed by atoms with Crippen LogP contribution in [0.15, 0.2) is 47.5 Å². The maximum atomic E-state index is 13.1. The molecule has 0 saturated carbocycles. The van der Waals surface area contributed by atoms with E-state index in [9.17, 15) is 14.7 Å². The number of benzene rings is 2. The molecule has 2 aliphatic rings. The maximum absolute atomic E-state index is 13.1. The van der Waals surface area contributed by atoms with E-state index in [1.165, 1.54) is 39.5 Å². The van der Waals surface area contributed by atoms with Crippen molar-refractivity contribution in [3.05, 3.63) is 58.7 Å². The van der Waals surface area contributed by atoms with E-state index in [2.05, 4.69) is 0 Å². The molecule has 0 radical (unpaired) electrons. The van der Waals surface area contributed by atoms with Crippen molar-refractivity contribution in [2.75, 3.05) is 21.3 Å². The number of hydrogen-bond donors (Lipinski definition) is 3. The molecule has 4 rings (SSSR count). The van der Waals surface area contributed by atoms with Gasteiger partial charge >= 0.3 is 0 Å². The number of carbonyl (C=O) groups is 2. The minimum absolute atomic E-state index is 0.0625. The summed E-state index contributed by atoms with van der Waals surface area (Å²) >= 11 is 0. The van der Waals surface area contributed by atoms with Gasteiger partial charge in [-0.2, -0.15) is 0 Å². The summed E-state index contributed by atoms with van der Waals surface area (Å²) in [5.41, 5.74) is 1.38. The van der Waals surface area contributed by atoms with Crippen LogP contribution in [-0.2, 0) is 9.59 Å². The average Bonchev–Trinajstić information content (AvgIpc) is 3.19. The standard InChI is InChI=1S/C21H20N4O6/c1-29-13-7-5-11(9-15(13)31-3)19-17-16(20(27)25(19)23)18(24(22)21(17)28)10-4-6-12(26)14(8-10)30-2/h4-9,26H,22-23H2,1-3H3. The number of hydrazine groups is 2. The fourth-order valence-electron chi connectivity index (χ4n) is 3.71. The van der Waals surface area contributed by atoms with Crippen molar-refractivity contribution in [1.82, 2.24) is 10.0 Å². The zero-order chi connectivity index (χ0) is 22.4. The Kier molecular flexibility index (Phi) is 4.80. The van der Waals surface area contributed by atoms with Crippen LogP contribution in [0.5, 0.6) is 23.0 Å². The van der Waals surface area contributed by atoms with Gasteiger partial charge in [0.1, 0.15) is 0 Å². The van der Waals surface area contributed by atoms with Gasteiger partial charge < -0.3 is 19.3 Å². The fraction of sp³-hybridized carbons (Fsp3) is 0.143. The SMILES string of the molecule is COc1cc(C2=C3C(=O)N(N)C(c4ccc(OC)c(OC)c4)=C3C(=O)N2N)ccc1O. The van der Waals surface area contributed by atoms with E-state index in [1.54, 1.807) is 18.2 Å². The Hall–Kier alpha value is -4.02. The Labute approximate surface area is 177 Å². The molecule has 2 aromatic rings. The highest BCUT2D eigenvalue weighted by atomic mass is 16.5. The van der Waals surface area contributed by atoms with Gasteiger partial charge in [-0.3, -0.25) is 9.59 Å². The molecule has 0 fully saturated rings. The monoisotopic (exact) mass is 424 g/mol. The number of fused-ring (bicyclic) bond motifs is 1. The number of carbonyl (C=O) groups excluding carboxylic acids is 2. The molecule has 0 saturated heterocycles. The van der Waals surface area contributed by atoms with Crippen LogP contribution in [0.1, 0.15) is 11.1 Å². The number of methoxy groups -OCH3 is 3. The third kappa shape index (κ3) is 2.88. The van der Waals surface area contributed by atoms with Crippen LogP contribution in [0.3, 0.4) is 0 Å². The summed E-state index contributed by atoms with van der Waals surface area (Å²) in [6.07, 6.45) is 0. The molecule has 0 aliphatic carbocycles. The van der Waals surface area contributed by atoms with Gasteiger partial charge in [0.25, 0.3) is 11.8 Å². The van der Waals surface area contributed by atoms with Crippen molar-refractivity contribution in [3.8, 4) is 23.0 Å². The summed E-state index contributed by atoms with van der Waals surface area (Å²) in [5, 5.41) is 11.7. The predicted octanol–water partition coefficient (Wildman–Crippen LogP) is 0.972. The lowest BCUT2D eigenvalue weighted by Gasteiger charge is -2.20. The van der Waals surface area contributed by atoms with E-state index in [1.807, 2.05) is 0 Å². The molecule has 0 atom stereocenters. The Morgan fingerprint density at radius 1 is 0.710 bits per heavy atom. The molecule has 0 aromatic heterocycles. The second kappa shape index (κ2) is 7.35. The lowest BCUT2D eigenvalue weighted by Crippen LogP contribution is -2.36. The summed E-state index contributed by atoms with van der Waals surface area (Å²) in [6.45, 7) is 0. The molecule has 31 heavy (non-hydrogen) atoms. The van der Waals surface area contributed by atoms with Gasteiger partial charge in [-0.15, -0.1) is 0 Å². The highest BCUT2D eigenvalue weighted by molar-refractivity contribution is 6.29. The van der Waals surface area contributed by atoms with Gasteiger partial charge in [0.05, 0.1) is 43.9 Å². The molecule has 2 heterocycles. The van der Waals surface area contributed by atoms with Gasteiger partial charge in [-0.05, 0) is 36.4 Å². The number of nitrogens with two attached hydrogens (primary N) is 2. The topological polar surface area (TPSA) is 141 Å². The second-order valence-electron chi connectivity index (χ2n) is 6.75. The zero-order valence-corrected chi connectivity index (χ0v) is 17.0. The number of aromatic hydroxyl groups is 1. The molecule has 10 nitrogen and oxygen atoms in total. The number of hydrogen-bond acceptors (Lipinski definition) is 8. The second-order valence-corrected chi connectivity index (χ2v) is 6.75. The molecule has 0 spiro atoms. The first-order valence-corrected chi connectivity index (χ1v) is 9.11. The number of ether oxygens (including phenoxy) is 3. The van der Waals surface area contributed by atoms with Gasteiger partial charge in [0, 0.05) is 11.1 Å². The first-order chi connectivity index (χ1) is 14.8. The minimum Gasteiger partial charge on any atom is -0.504 e. The van der Waals surface area contributed by atoms with E-state index in [4.69, 9.17) is 25.9 Å². The van der Waals surface area contributed by atoms with Crippen molar-refractivity contribution in [1.29, 1.82) is 0 Å². The first-order valence-electron chi connectivity index (χ1n) is 9.11. The Morgan fingerprint density at radius 3 is 1.65 bits per heavy atom. The highest BCUT2D eigenvalue weighted by Crippen LogP contribution is 2.46. The van der Waals surface area contributed by atoms with Crippen molar-refractivity contribution in [2.45, 2.75) is 0 Å². The summed E-state index contributed by atoms with van der Waals surface area (Å²) in [5.74, 6) is 11.9. The molecule has 5 N–H and O–H groups in total. The molecule has 0 bridgehead atoms. The first kappa shape index (κ1) is 20.3. The lowest BCUT2D eigenvalue weighted by atomic mass is 10.0. The molecule has 2 amide bonds. The minimum atomic E-state index is -0.594. The van der Waals surface area contributed by atoms with Crippen LogP contribution in [0.25, 0.3) is 11.4 Å².